The fourth-order valence-corrected chi connectivity index (χ4v) is 7.29. The van der Waals surface area contributed by atoms with Crippen LogP contribution >= 0.6 is 34.2 Å². The number of carboxylic acid groups (broad SMARTS) is 1. The van der Waals surface area contributed by atoms with Crippen molar-refractivity contribution in [2.75, 3.05) is 5.32 Å². The number of hydrogen-bond donors (Lipinski definition) is 2. The Kier molecular flexibility index (Phi) is 7.24. The number of aromatic nitrogens is 1. The van der Waals surface area contributed by atoms with Crippen molar-refractivity contribution < 1.29 is 28.2 Å². The second-order valence-corrected chi connectivity index (χ2v) is 11.4. The second-order valence-electron chi connectivity index (χ2n) is 8.48. The van der Waals surface area contributed by atoms with Gasteiger partial charge in [0, 0.05) is 25.4 Å². The lowest BCUT2D eigenvalue weighted by Crippen LogP contribution is -2.16. The fourth-order valence-electron chi connectivity index (χ4n) is 3.93. The zero-order chi connectivity index (χ0) is 27.0. The van der Waals surface area contributed by atoms with Gasteiger partial charge in [-0.25, -0.2) is 13.6 Å². The summed E-state index contributed by atoms with van der Waals surface area (Å²) >= 11 is 4.00. The van der Waals surface area contributed by atoms with Crippen LogP contribution in [0.15, 0.2) is 54.6 Å². The van der Waals surface area contributed by atoms with Crippen molar-refractivity contribution in [3.63, 3.8) is 0 Å². The lowest BCUT2D eigenvalue weighted by molar-refractivity contribution is -0.136. The van der Waals surface area contributed by atoms with E-state index in [0.29, 0.717) is 16.3 Å². The van der Waals surface area contributed by atoms with Gasteiger partial charge in [-0.3, -0.25) is 10.1 Å². The summed E-state index contributed by atoms with van der Waals surface area (Å²) in [6.07, 6.45) is -1.61. The van der Waals surface area contributed by atoms with Crippen LogP contribution in [-0.4, -0.2) is 21.5 Å². The summed E-state index contributed by atoms with van der Waals surface area (Å²) in [5.41, 5.74) is 1.99. The average molecular weight is 571 g/mol. The summed E-state index contributed by atoms with van der Waals surface area (Å²) in [5.74, 6) is -3.44. The molecular weight excluding hydrogens is 551 g/mol. The van der Waals surface area contributed by atoms with Crippen LogP contribution in [-0.2, 0) is 16.0 Å². The first kappa shape index (κ1) is 26.0. The maximum atomic E-state index is 14.7. The monoisotopic (exact) mass is 570 g/mol. The smallest absolute Gasteiger partial charge is 0.412 e. The summed E-state index contributed by atoms with van der Waals surface area (Å²) < 4.78 is 40.8. The van der Waals surface area contributed by atoms with Gasteiger partial charge < -0.3 is 9.84 Å². The largest absolute Gasteiger partial charge is 0.481 e. The predicted molar refractivity (Wildman–Crippen MR) is 147 cm³/mol. The first-order valence-corrected chi connectivity index (χ1v) is 13.8. The van der Waals surface area contributed by atoms with E-state index in [4.69, 9.17) is 9.84 Å². The molecule has 38 heavy (non-hydrogen) atoms. The number of carbonyl (C=O) groups excluding carboxylic acids is 1. The number of ether oxygens (including phenoxy) is 1. The van der Waals surface area contributed by atoms with Gasteiger partial charge in [0.2, 0.25) is 0 Å². The van der Waals surface area contributed by atoms with Crippen molar-refractivity contribution in [2.45, 2.75) is 26.4 Å². The van der Waals surface area contributed by atoms with Crippen molar-refractivity contribution in [2.24, 2.45) is 0 Å². The van der Waals surface area contributed by atoms with Crippen LogP contribution in [0.3, 0.4) is 0 Å². The molecule has 0 aliphatic carbocycles. The van der Waals surface area contributed by atoms with Crippen LogP contribution in [0.25, 0.3) is 29.6 Å². The van der Waals surface area contributed by atoms with Crippen molar-refractivity contribution in [1.29, 1.82) is 0 Å². The molecule has 0 aliphatic heterocycles. The number of nitrogens with one attached hydrogen (secondary N) is 1. The summed E-state index contributed by atoms with van der Waals surface area (Å²) in [4.78, 5) is 25.7. The number of aliphatic carboxylic acids is 1. The number of anilines is 1. The molecule has 0 fully saturated rings. The summed E-state index contributed by atoms with van der Waals surface area (Å²) in [7, 11) is 0. The maximum Gasteiger partial charge on any atom is 0.412 e. The van der Waals surface area contributed by atoms with E-state index in [-0.39, 0.29) is 11.1 Å². The fraction of sp³-hybridized carbons (Fsp3) is 0.148. The van der Waals surface area contributed by atoms with E-state index in [2.05, 4.69) is 9.69 Å². The molecule has 2 aromatic carbocycles. The molecule has 5 aromatic rings. The Labute approximate surface area is 228 Å². The van der Waals surface area contributed by atoms with Crippen LogP contribution in [0.5, 0.6) is 0 Å². The Morgan fingerprint density at radius 2 is 1.71 bits per heavy atom. The Morgan fingerprint density at radius 1 is 1.03 bits per heavy atom. The molecule has 1 atom stereocenters. The zero-order valence-corrected chi connectivity index (χ0v) is 22.5. The SMILES string of the molecule is Cc1nsc(-c2cc3sc(-c4ccc(CC(=O)O)c(F)c4F)cc3s2)c1NC(=O)O[C@H](C)c1ccccc1. The average Bonchev–Trinajstić information content (AvgIpc) is 3.56. The van der Waals surface area contributed by atoms with E-state index >= 15 is 0 Å². The van der Waals surface area contributed by atoms with Gasteiger partial charge in [0.15, 0.2) is 11.6 Å². The minimum absolute atomic E-state index is 0.0814. The minimum atomic E-state index is -1.23. The van der Waals surface area contributed by atoms with Crippen molar-refractivity contribution in [3.8, 4) is 20.2 Å². The molecular formula is C27H20F2N2O4S3. The number of fused-ring (bicyclic) bond motifs is 1. The van der Waals surface area contributed by atoms with E-state index in [1.54, 1.807) is 19.9 Å². The minimum Gasteiger partial charge on any atom is -0.481 e. The molecule has 0 saturated carbocycles. The topological polar surface area (TPSA) is 88.5 Å². The third-order valence-corrected chi connectivity index (χ3v) is 9.29. The van der Waals surface area contributed by atoms with Gasteiger partial charge in [-0.05, 0) is 43.1 Å². The molecule has 0 saturated heterocycles. The van der Waals surface area contributed by atoms with Crippen molar-refractivity contribution in [1.82, 2.24) is 4.37 Å². The molecule has 0 unspecified atom stereocenters. The Hall–Kier alpha value is -3.67. The zero-order valence-electron chi connectivity index (χ0n) is 20.1. The maximum absolute atomic E-state index is 14.7. The van der Waals surface area contributed by atoms with Gasteiger partial charge in [0.25, 0.3) is 0 Å². The van der Waals surface area contributed by atoms with Crippen molar-refractivity contribution in [3.05, 3.63) is 83.1 Å². The number of carbonyl (C=O) groups is 2. The van der Waals surface area contributed by atoms with E-state index in [1.807, 2.05) is 36.4 Å². The molecule has 0 spiro atoms. The van der Waals surface area contributed by atoms with Gasteiger partial charge in [-0.15, -0.1) is 22.7 Å². The third-order valence-electron chi connectivity index (χ3n) is 5.84. The first-order valence-electron chi connectivity index (χ1n) is 11.4. The van der Waals surface area contributed by atoms with E-state index in [0.717, 1.165) is 24.7 Å². The van der Waals surface area contributed by atoms with Gasteiger partial charge in [0.1, 0.15) is 6.10 Å². The van der Waals surface area contributed by atoms with Crippen LogP contribution < -0.4 is 5.32 Å². The Morgan fingerprint density at radius 3 is 2.42 bits per heavy atom. The van der Waals surface area contributed by atoms with Crippen LogP contribution in [0.1, 0.15) is 29.8 Å². The molecule has 1 amide bonds. The normalized spacial score (nSPS) is 12.0. The number of nitrogens with zero attached hydrogens (tertiary/aromatic N) is 1. The van der Waals surface area contributed by atoms with Gasteiger partial charge in [-0.2, -0.15) is 4.37 Å². The van der Waals surface area contributed by atoms with Crippen LogP contribution in [0.2, 0.25) is 0 Å². The number of aryl methyl sites for hydroxylation is 1. The first-order chi connectivity index (χ1) is 18.2. The predicted octanol–water partition coefficient (Wildman–Crippen LogP) is 8.28. The number of amides is 1. The number of halogens is 2. The molecule has 6 nitrogen and oxygen atoms in total. The lowest BCUT2D eigenvalue weighted by atomic mass is 10.1. The van der Waals surface area contributed by atoms with Gasteiger partial charge in [0.05, 0.1) is 27.6 Å². The molecule has 194 valence electrons. The summed E-state index contributed by atoms with van der Waals surface area (Å²) in [5, 5.41) is 11.7. The highest BCUT2D eigenvalue weighted by Gasteiger charge is 2.22. The molecule has 3 heterocycles. The van der Waals surface area contributed by atoms with Gasteiger partial charge >= 0.3 is 12.1 Å². The Bertz CT molecular complexity index is 1630. The summed E-state index contributed by atoms with van der Waals surface area (Å²) in [6.45, 7) is 3.60. The molecule has 2 N–H and O–H groups in total. The molecule has 5 rings (SSSR count). The highest BCUT2D eigenvalue weighted by atomic mass is 32.1. The molecule has 0 aliphatic rings. The summed E-state index contributed by atoms with van der Waals surface area (Å²) in [6, 6.07) is 15.8. The number of rotatable bonds is 7. The Balaban J connectivity index is 1.38. The number of hydrogen-bond acceptors (Lipinski definition) is 7. The second kappa shape index (κ2) is 10.6. The number of thiophene rings is 2. The highest BCUT2D eigenvalue weighted by molar-refractivity contribution is 7.32. The number of benzene rings is 2. The van der Waals surface area contributed by atoms with E-state index in [9.17, 15) is 18.4 Å². The van der Waals surface area contributed by atoms with Gasteiger partial charge in [-0.1, -0.05) is 42.5 Å². The highest BCUT2D eigenvalue weighted by Crippen LogP contribution is 2.46. The molecule has 0 bridgehead atoms. The van der Waals surface area contributed by atoms with E-state index < -0.39 is 36.2 Å². The molecule has 3 aromatic heterocycles. The standard InChI is InChI=1S/C27H20F2N2O4S3/c1-13-25(30-27(34)35-14(2)15-6-4-3-5-7-15)26(38-31-13)21-12-20-19(37-21)11-18(36-20)17-9-8-16(10-22(32)33)23(28)24(17)29/h3-9,11-12,14H,10H2,1-2H3,(H,30,34)(H,32,33)/t14-/m1/s1. The van der Waals surface area contributed by atoms with Crippen LogP contribution in [0, 0.1) is 18.6 Å². The van der Waals surface area contributed by atoms with Crippen LogP contribution in [0.4, 0.5) is 19.3 Å². The molecule has 11 heteroatoms. The quantitative estimate of drug-likeness (QED) is 0.206. The van der Waals surface area contributed by atoms with E-state index in [1.165, 1.54) is 46.3 Å². The molecule has 0 radical (unpaired) electrons. The lowest BCUT2D eigenvalue weighted by Gasteiger charge is -2.14. The third kappa shape index (κ3) is 5.17. The number of carboxylic acids is 1. The van der Waals surface area contributed by atoms with Crippen molar-refractivity contribution >= 4 is 61.4 Å².